The van der Waals surface area contributed by atoms with Crippen molar-refractivity contribution in [2.75, 3.05) is 5.75 Å². The largest absolute Gasteiger partial charge is 0.286 e. The van der Waals surface area contributed by atoms with Crippen molar-refractivity contribution in [3.63, 3.8) is 0 Å². The summed E-state index contributed by atoms with van der Waals surface area (Å²) in [7, 11) is -4.00. The molecule has 0 radical (unpaired) electrons. The van der Waals surface area contributed by atoms with Crippen molar-refractivity contribution in [2.24, 2.45) is 0 Å². The van der Waals surface area contributed by atoms with Crippen molar-refractivity contribution >= 4 is 10.1 Å². The van der Waals surface area contributed by atoms with E-state index in [9.17, 15) is 12.8 Å². The van der Waals surface area contributed by atoms with E-state index in [0.717, 1.165) is 0 Å². The predicted octanol–water partition coefficient (Wildman–Crippen LogP) is 1.01. The molecule has 0 bridgehead atoms. The second kappa shape index (κ2) is 2.84. The summed E-state index contributed by atoms with van der Waals surface area (Å²) in [5, 5.41) is 0. The van der Waals surface area contributed by atoms with Gasteiger partial charge in [0, 0.05) is 0 Å². The van der Waals surface area contributed by atoms with Crippen LogP contribution < -0.4 is 0 Å². The van der Waals surface area contributed by atoms with Crippen LogP contribution in [0.2, 0.25) is 0 Å². The molecule has 0 aromatic rings. The second-order valence-corrected chi connectivity index (χ2v) is 4.33. The molecule has 0 amide bonds. The summed E-state index contributed by atoms with van der Waals surface area (Å²) in [5.41, 5.74) is -1.53. The third-order valence-electron chi connectivity index (χ3n) is 0.955. The van der Waals surface area contributed by atoms with Crippen LogP contribution in [0.5, 0.6) is 0 Å². The predicted molar refractivity (Wildman–Crippen MR) is 36.2 cm³/mol. The van der Waals surface area contributed by atoms with Crippen LogP contribution in [0.1, 0.15) is 20.3 Å². The molecule has 0 aromatic heterocycles. The molecule has 0 saturated heterocycles. The van der Waals surface area contributed by atoms with Gasteiger partial charge in [0.2, 0.25) is 0 Å². The molecule has 0 unspecified atom stereocenters. The van der Waals surface area contributed by atoms with E-state index in [-0.39, 0.29) is 6.42 Å². The first kappa shape index (κ1) is 9.84. The maximum atomic E-state index is 12.5. The van der Waals surface area contributed by atoms with Crippen molar-refractivity contribution < 1.29 is 17.4 Å². The average molecular weight is 170 g/mol. The topological polar surface area (TPSA) is 54.4 Å². The molecule has 0 saturated carbocycles. The summed E-state index contributed by atoms with van der Waals surface area (Å²) in [6.07, 6.45) is -0.175. The highest BCUT2D eigenvalue weighted by molar-refractivity contribution is 7.85. The van der Waals surface area contributed by atoms with Crippen LogP contribution in [-0.2, 0) is 10.1 Å². The molecule has 10 heavy (non-hydrogen) atoms. The van der Waals surface area contributed by atoms with Gasteiger partial charge >= 0.3 is 0 Å². The van der Waals surface area contributed by atoms with E-state index in [1.165, 1.54) is 13.8 Å². The molecule has 3 nitrogen and oxygen atoms in total. The molecule has 0 fully saturated rings. The summed E-state index contributed by atoms with van der Waals surface area (Å²) in [5.74, 6) is -0.517. The van der Waals surface area contributed by atoms with Gasteiger partial charge in [0.05, 0.1) is 5.75 Å². The van der Waals surface area contributed by atoms with Crippen molar-refractivity contribution in [1.29, 1.82) is 0 Å². The SMILES string of the molecule is CC(C)(F)CCS(=O)(=O)O. The van der Waals surface area contributed by atoms with Crippen LogP contribution in [0, 0.1) is 0 Å². The van der Waals surface area contributed by atoms with Crippen LogP contribution in [0.15, 0.2) is 0 Å². The standard InChI is InChI=1S/C5H11FO3S/c1-5(2,6)3-4-10(7,8)9/h3-4H2,1-2H3,(H,7,8,9). The Bertz CT molecular complexity index is 189. The Kier molecular flexibility index (Phi) is 2.79. The van der Waals surface area contributed by atoms with Gasteiger partial charge in [0.25, 0.3) is 10.1 Å². The van der Waals surface area contributed by atoms with Crippen LogP contribution in [-0.4, -0.2) is 24.4 Å². The van der Waals surface area contributed by atoms with Crippen LogP contribution in [0.4, 0.5) is 4.39 Å². The Morgan fingerprint density at radius 3 is 2.00 bits per heavy atom. The fraction of sp³-hybridized carbons (Fsp3) is 1.00. The molecule has 0 aliphatic carbocycles. The lowest BCUT2D eigenvalue weighted by atomic mass is 10.1. The number of alkyl halides is 1. The van der Waals surface area contributed by atoms with Crippen LogP contribution in [0.25, 0.3) is 0 Å². The van der Waals surface area contributed by atoms with E-state index < -0.39 is 21.5 Å². The van der Waals surface area contributed by atoms with Gasteiger partial charge in [-0.05, 0) is 20.3 Å². The fourth-order valence-electron chi connectivity index (χ4n) is 0.372. The third-order valence-corrected chi connectivity index (χ3v) is 1.67. The minimum Gasteiger partial charge on any atom is -0.286 e. The van der Waals surface area contributed by atoms with E-state index >= 15 is 0 Å². The Balaban J connectivity index is 3.79. The molecule has 0 aliphatic heterocycles. The van der Waals surface area contributed by atoms with E-state index in [1.54, 1.807) is 0 Å². The zero-order chi connectivity index (χ0) is 8.41. The van der Waals surface area contributed by atoms with Gasteiger partial charge in [-0.3, -0.25) is 4.55 Å². The first-order valence-corrected chi connectivity index (χ1v) is 4.46. The van der Waals surface area contributed by atoms with Gasteiger partial charge in [-0.1, -0.05) is 0 Å². The van der Waals surface area contributed by atoms with E-state index in [2.05, 4.69) is 0 Å². The van der Waals surface area contributed by atoms with E-state index in [4.69, 9.17) is 4.55 Å². The number of rotatable bonds is 3. The van der Waals surface area contributed by atoms with Gasteiger partial charge in [-0.15, -0.1) is 0 Å². The maximum Gasteiger partial charge on any atom is 0.264 e. The molecule has 0 aliphatic rings. The van der Waals surface area contributed by atoms with Crippen LogP contribution in [0.3, 0.4) is 0 Å². The highest BCUT2D eigenvalue weighted by Gasteiger charge is 2.18. The fourth-order valence-corrected chi connectivity index (χ4v) is 1.12. The maximum absolute atomic E-state index is 12.5. The molecule has 62 valence electrons. The smallest absolute Gasteiger partial charge is 0.264 e. The Labute approximate surface area is 60.0 Å². The van der Waals surface area contributed by atoms with Crippen molar-refractivity contribution in [2.45, 2.75) is 25.9 Å². The molecule has 1 N–H and O–H groups in total. The van der Waals surface area contributed by atoms with E-state index in [1.807, 2.05) is 0 Å². The molecular weight excluding hydrogens is 159 g/mol. The van der Waals surface area contributed by atoms with Crippen molar-refractivity contribution in [3.8, 4) is 0 Å². The Morgan fingerprint density at radius 2 is 1.90 bits per heavy atom. The first-order valence-electron chi connectivity index (χ1n) is 2.85. The number of hydrogen-bond donors (Lipinski definition) is 1. The van der Waals surface area contributed by atoms with Crippen LogP contribution >= 0.6 is 0 Å². The summed E-state index contributed by atoms with van der Waals surface area (Å²) in [6, 6.07) is 0. The van der Waals surface area contributed by atoms with Gasteiger partial charge in [0.15, 0.2) is 0 Å². The highest BCUT2D eigenvalue weighted by Crippen LogP contribution is 2.13. The van der Waals surface area contributed by atoms with Crippen molar-refractivity contribution in [1.82, 2.24) is 0 Å². The minimum atomic E-state index is -4.00. The lowest BCUT2D eigenvalue weighted by Crippen LogP contribution is -2.18. The lowest BCUT2D eigenvalue weighted by molar-refractivity contribution is 0.210. The molecule has 5 heteroatoms. The number of halogens is 1. The van der Waals surface area contributed by atoms with Gasteiger partial charge in [-0.25, -0.2) is 4.39 Å². The monoisotopic (exact) mass is 170 g/mol. The molecule has 0 atom stereocenters. The summed E-state index contributed by atoms with van der Waals surface area (Å²) < 4.78 is 40.9. The molecule has 0 spiro atoms. The van der Waals surface area contributed by atoms with E-state index in [0.29, 0.717) is 0 Å². The molecular formula is C5H11FO3S. The van der Waals surface area contributed by atoms with Crippen molar-refractivity contribution in [3.05, 3.63) is 0 Å². The normalized spacial score (nSPS) is 13.6. The molecule has 0 rings (SSSR count). The first-order chi connectivity index (χ1) is 4.21. The zero-order valence-electron chi connectivity index (χ0n) is 5.96. The summed E-state index contributed by atoms with van der Waals surface area (Å²) >= 11 is 0. The minimum absolute atomic E-state index is 0.175. The Hall–Kier alpha value is -0.160. The summed E-state index contributed by atoms with van der Waals surface area (Å²) in [6.45, 7) is 2.52. The zero-order valence-corrected chi connectivity index (χ0v) is 6.78. The second-order valence-electron chi connectivity index (χ2n) is 2.75. The number of hydrogen-bond acceptors (Lipinski definition) is 2. The Morgan fingerprint density at radius 1 is 1.50 bits per heavy atom. The summed E-state index contributed by atoms with van der Waals surface area (Å²) in [4.78, 5) is 0. The van der Waals surface area contributed by atoms with Gasteiger partial charge in [-0.2, -0.15) is 8.42 Å². The average Bonchev–Trinajstić information content (AvgIpc) is 1.57. The molecule has 0 aromatic carbocycles. The highest BCUT2D eigenvalue weighted by atomic mass is 32.2. The molecule has 0 heterocycles. The lowest BCUT2D eigenvalue weighted by Gasteiger charge is -2.11. The van der Waals surface area contributed by atoms with Gasteiger partial charge < -0.3 is 0 Å². The van der Waals surface area contributed by atoms with Gasteiger partial charge in [0.1, 0.15) is 5.67 Å². The quantitative estimate of drug-likeness (QED) is 0.643. The third kappa shape index (κ3) is 7.84.